The molecule has 1 aliphatic carbocycles. The molecule has 0 saturated heterocycles. The highest BCUT2D eigenvalue weighted by Gasteiger charge is 2.52. The summed E-state index contributed by atoms with van der Waals surface area (Å²) in [6, 6.07) is -0.975. The van der Waals surface area contributed by atoms with E-state index in [1.807, 2.05) is 0 Å². The lowest BCUT2D eigenvalue weighted by Gasteiger charge is -2.26. The molecule has 0 unspecified atom stereocenters. The van der Waals surface area contributed by atoms with Gasteiger partial charge in [0.2, 0.25) is 0 Å². The molecule has 9 heteroatoms. The molecule has 1 fully saturated rings. The van der Waals surface area contributed by atoms with Gasteiger partial charge in [0, 0.05) is 31.1 Å². The standard InChI is InChI=1S/C28H30F3NO5/c1-4-26(2,3)24-10-17-9-16(20(29)13-21(17)32(24)14-19(34)15-33)11-25(35)27(7-8-27)18-5-6-22-23(12-18)37-28(30,31)36-22/h5-6,9-10,12-13,19,33-34H,4,7-8,11,14-15H2,1-3H3/t19-/m0/s1/i4D2,7D2,8D2,9D,10D,13D,14D2,15D2,19D. The van der Waals surface area contributed by atoms with E-state index in [-0.39, 0.29) is 4.57 Å². The van der Waals surface area contributed by atoms with Crippen molar-refractivity contribution in [2.45, 2.75) is 76.0 Å². The Labute approximate surface area is 232 Å². The third-order valence-electron chi connectivity index (χ3n) is 6.20. The summed E-state index contributed by atoms with van der Waals surface area (Å²) in [7, 11) is 0. The van der Waals surface area contributed by atoms with Gasteiger partial charge in [-0.15, -0.1) is 8.78 Å². The largest absolute Gasteiger partial charge is 0.586 e. The second-order valence-corrected chi connectivity index (χ2v) is 8.95. The van der Waals surface area contributed by atoms with Crippen LogP contribution >= 0.6 is 0 Å². The number of hydrogen-bond donors (Lipinski definition) is 2. The van der Waals surface area contributed by atoms with Crippen molar-refractivity contribution in [2.24, 2.45) is 0 Å². The lowest BCUT2D eigenvalue weighted by molar-refractivity contribution is -0.286. The fourth-order valence-corrected chi connectivity index (χ4v) is 3.95. The van der Waals surface area contributed by atoms with E-state index in [2.05, 4.69) is 9.47 Å². The van der Waals surface area contributed by atoms with Crippen molar-refractivity contribution in [1.29, 1.82) is 0 Å². The number of ketones is 1. The molecule has 1 saturated carbocycles. The fourth-order valence-electron chi connectivity index (χ4n) is 3.95. The highest BCUT2D eigenvalue weighted by Crippen LogP contribution is 2.52. The summed E-state index contributed by atoms with van der Waals surface area (Å²) in [6.45, 7) is -4.77. The number of hydrogen-bond acceptors (Lipinski definition) is 5. The first-order chi connectivity index (χ1) is 22.7. The van der Waals surface area contributed by atoms with Gasteiger partial charge in [-0.25, -0.2) is 4.39 Å². The number of carbonyl (C=O) groups is 1. The molecular formula is C28H30F3NO5. The van der Waals surface area contributed by atoms with Crippen LogP contribution in [0.4, 0.5) is 13.2 Å². The second-order valence-electron chi connectivity index (χ2n) is 8.95. The van der Waals surface area contributed by atoms with Crippen molar-refractivity contribution in [1.82, 2.24) is 4.57 Å². The third-order valence-corrected chi connectivity index (χ3v) is 6.20. The zero-order chi connectivity index (χ0) is 39.2. The summed E-state index contributed by atoms with van der Waals surface area (Å²) >= 11 is 0. The average Bonchev–Trinajstić information content (AvgIpc) is 3.23. The molecule has 3 aromatic rings. The van der Waals surface area contributed by atoms with E-state index < -0.39 is 131 Å². The van der Waals surface area contributed by atoms with Crippen molar-refractivity contribution in [3.63, 3.8) is 0 Å². The van der Waals surface area contributed by atoms with Gasteiger partial charge < -0.3 is 24.3 Å². The topological polar surface area (TPSA) is 80.9 Å². The van der Waals surface area contributed by atoms with Crippen molar-refractivity contribution in [3.05, 3.63) is 59.0 Å². The van der Waals surface area contributed by atoms with Crippen molar-refractivity contribution < 1.29 is 56.8 Å². The number of aromatic nitrogens is 1. The van der Waals surface area contributed by atoms with Crippen molar-refractivity contribution in [3.8, 4) is 11.5 Å². The molecule has 0 bridgehead atoms. The lowest BCUT2D eigenvalue weighted by atomic mass is 9.86. The maximum atomic E-state index is 16.3. The zero-order valence-electron chi connectivity index (χ0n) is 33.6. The van der Waals surface area contributed by atoms with Crippen LogP contribution in [0.5, 0.6) is 11.5 Å². The number of nitrogens with zero attached hydrogens (tertiary/aromatic N) is 1. The Morgan fingerprint density at radius 3 is 2.65 bits per heavy atom. The smallest absolute Gasteiger partial charge is 0.395 e. The maximum absolute atomic E-state index is 16.3. The Bertz CT molecular complexity index is 1990. The Morgan fingerprint density at radius 2 is 2.00 bits per heavy atom. The van der Waals surface area contributed by atoms with Crippen molar-refractivity contribution in [2.75, 3.05) is 6.56 Å². The summed E-state index contributed by atoms with van der Waals surface area (Å²) in [6.07, 6.45) is -18.2. The van der Waals surface area contributed by atoms with E-state index >= 15 is 4.39 Å². The van der Waals surface area contributed by atoms with E-state index in [0.29, 0.717) is 0 Å². The van der Waals surface area contributed by atoms with Gasteiger partial charge in [-0.2, -0.15) is 0 Å². The molecule has 198 valence electrons. The summed E-state index contributed by atoms with van der Waals surface area (Å²) in [5.74, 6) is -4.42. The Kier molecular flexibility index (Phi) is 3.24. The summed E-state index contributed by atoms with van der Waals surface area (Å²) in [4.78, 5) is 14.1. The van der Waals surface area contributed by atoms with Gasteiger partial charge >= 0.3 is 6.29 Å². The van der Waals surface area contributed by atoms with E-state index in [9.17, 15) is 23.8 Å². The molecule has 0 spiro atoms. The molecular weight excluding hydrogens is 487 g/mol. The summed E-state index contributed by atoms with van der Waals surface area (Å²) in [5, 5.41) is 19.8. The highest BCUT2D eigenvalue weighted by molar-refractivity contribution is 5.95. The molecule has 2 heterocycles. The molecule has 0 radical (unpaired) electrons. The first-order valence-electron chi connectivity index (χ1n) is 17.9. The number of Topliss-reactive ketones (excluding diaryl/α,β-unsaturated/α-hetero) is 1. The van der Waals surface area contributed by atoms with Crippen LogP contribution in [0.1, 0.15) is 75.9 Å². The number of carbonyl (C=O) groups excluding carboxylic acids is 1. The van der Waals surface area contributed by atoms with Crippen molar-refractivity contribution >= 4 is 16.7 Å². The second kappa shape index (κ2) is 8.77. The molecule has 1 aromatic heterocycles. The van der Waals surface area contributed by atoms with Crippen LogP contribution in [0.2, 0.25) is 0 Å². The Balaban J connectivity index is 1.79. The molecule has 2 N–H and O–H groups in total. The predicted molar refractivity (Wildman–Crippen MR) is 131 cm³/mol. The van der Waals surface area contributed by atoms with E-state index in [0.717, 1.165) is 39.0 Å². The quantitative estimate of drug-likeness (QED) is 0.407. The fraction of sp³-hybridized carbons (Fsp3) is 0.464. The Morgan fingerprint density at radius 1 is 1.30 bits per heavy atom. The molecule has 5 rings (SSSR count). The molecule has 1 aliphatic heterocycles. The highest BCUT2D eigenvalue weighted by atomic mass is 19.3. The number of halogens is 3. The summed E-state index contributed by atoms with van der Waals surface area (Å²) < 4.78 is 170. The number of aliphatic hydroxyl groups is 2. The maximum Gasteiger partial charge on any atom is 0.586 e. The minimum atomic E-state index is -4.19. The van der Waals surface area contributed by atoms with E-state index in [1.54, 1.807) is 0 Å². The Hall–Kier alpha value is -3.04. The molecule has 6 nitrogen and oxygen atoms in total. The molecule has 2 aliphatic rings. The third kappa shape index (κ3) is 4.48. The number of benzene rings is 2. The summed E-state index contributed by atoms with van der Waals surface area (Å²) in [5.41, 5.74) is -8.35. The van der Waals surface area contributed by atoms with Gasteiger partial charge in [0.05, 0.1) is 41.0 Å². The number of rotatable bonds is 9. The predicted octanol–water partition coefficient (Wildman–Crippen LogP) is 4.99. The molecule has 2 aromatic carbocycles. The van der Waals surface area contributed by atoms with Crippen LogP contribution in [0.25, 0.3) is 10.9 Å². The first-order valence-corrected chi connectivity index (χ1v) is 10.9. The van der Waals surface area contributed by atoms with Gasteiger partial charge in [-0.05, 0) is 60.5 Å². The SMILES string of the molecule is [2H]c1c(CC(=O)C2(c3ccc4c(c3)OC(F)(F)O4)C([2H])([2H])C2([2H])[2H])c(F)c([2H])c2c1c([2H])c(C(C)(C)C([2H])([2H])C)n2C([2H])([2H])[C@]([2H])(O)C([2H])([2H])O. The number of alkyl halides is 2. The first kappa shape index (κ1) is 13.7. The van der Waals surface area contributed by atoms with Crippen LogP contribution in [0.15, 0.2) is 36.3 Å². The van der Waals surface area contributed by atoms with Crippen LogP contribution in [0, 0.1) is 5.82 Å². The van der Waals surface area contributed by atoms with Gasteiger partial charge in [-0.3, -0.25) is 4.79 Å². The number of fused-ring (bicyclic) bond motifs is 2. The van der Waals surface area contributed by atoms with Gasteiger partial charge in [0.1, 0.15) is 11.6 Å². The van der Waals surface area contributed by atoms with Crippen LogP contribution in [-0.4, -0.2) is 39.5 Å². The zero-order valence-corrected chi connectivity index (χ0v) is 19.6. The minimum absolute atomic E-state index is 0.0874. The number of ether oxygens (including phenoxy) is 2. The lowest BCUT2D eigenvalue weighted by Crippen LogP contribution is -2.26. The minimum Gasteiger partial charge on any atom is -0.395 e. The van der Waals surface area contributed by atoms with Gasteiger partial charge in [0.25, 0.3) is 0 Å². The van der Waals surface area contributed by atoms with Gasteiger partial charge in [0.15, 0.2) is 11.5 Å². The molecule has 0 amide bonds. The van der Waals surface area contributed by atoms with Crippen LogP contribution < -0.4 is 9.47 Å². The van der Waals surface area contributed by atoms with E-state index in [4.69, 9.17) is 19.2 Å². The van der Waals surface area contributed by atoms with E-state index in [1.165, 1.54) is 0 Å². The normalized spacial score (nSPS) is 28.5. The molecule has 1 atom stereocenters. The monoisotopic (exact) mass is 531 g/mol. The van der Waals surface area contributed by atoms with Crippen LogP contribution in [0.3, 0.4) is 0 Å². The average molecular weight is 532 g/mol. The van der Waals surface area contributed by atoms with Crippen LogP contribution in [-0.2, 0) is 28.5 Å². The van der Waals surface area contributed by atoms with Gasteiger partial charge in [-0.1, -0.05) is 26.8 Å². The molecule has 37 heavy (non-hydrogen) atoms.